The van der Waals surface area contributed by atoms with Crippen molar-refractivity contribution in [3.05, 3.63) is 24.7 Å². The number of anilines is 1. The van der Waals surface area contributed by atoms with Gasteiger partial charge < -0.3 is 14.7 Å². The molecule has 8 nitrogen and oxygen atoms in total. The van der Waals surface area contributed by atoms with E-state index in [1.165, 1.54) is 11.3 Å². The van der Waals surface area contributed by atoms with Crippen molar-refractivity contribution in [2.24, 2.45) is 5.92 Å². The first kappa shape index (κ1) is 15.8. The van der Waals surface area contributed by atoms with Crippen LogP contribution >= 0.6 is 11.3 Å². The Balaban J connectivity index is 1.55. The van der Waals surface area contributed by atoms with Crippen molar-refractivity contribution < 1.29 is 14.6 Å². The third-order valence-corrected chi connectivity index (χ3v) is 5.38. The van der Waals surface area contributed by atoms with Crippen molar-refractivity contribution in [1.82, 2.24) is 19.6 Å². The Morgan fingerprint density at radius 2 is 2.16 bits per heavy atom. The van der Waals surface area contributed by atoms with E-state index in [1.54, 1.807) is 24.0 Å². The van der Waals surface area contributed by atoms with Gasteiger partial charge in [0.1, 0.15) is 5.75 Å². The lowest BCUT2D eigenvalue weighted by Gasteiger charge is -2.29. The molecule has 3 aromatic heterocycles. The summed E-state index contributed by atoms with van der Waals surface area (Å²) >= 11 is 1.51. The number of fused-ring (bicyclic) bond motifs is 1. The number of ether oxygens (including phenoxy) is 1. The lowest BCUT2D eigenvalue weighted by molar-refractivity contribution is -0.142. The third kappa shape index (κ3) is 3.02. The fourth-order valence-corrected chi connectivity index (χ4v) is 3.88. The van der Waals surface area contributed by atoms with Gasteiger partial charge in [-0.05, 0) is 18.9 Å². The summed E-state index contributed by atoms with van der Waals surface area (Å²) in [6, 6.07) is 1.89. The van der Waals surface area contributed by atoms with Gasteiger partial charge in [0.05, 0.1) is 31.1 Å². The van der Waals surface area contributed by atoms with Gasteiger partial charge in [-0.3, -0.25) is 9.78 Å². The first-order valence-electron chi connectivity index (χ1n) is 7.97. The highest BCUT2D eigenvalue weighted by Gasteiger charge is 2.26. The molecular formula is C16H17N5O3S. The number of aromatic nitrogens is 4. The quantitative estimate of drug-likeness (QED) is 0.763. The van der Waals surface area contributed by atoms with Crippen molar-refractivity contribution in [3.8, 4) is 17.0 Å². The van der Waals surface area contributed by atoms with Gasteiger partial charge in [-0.25, -0.2) is 9.50 Å². The number of piperidine rings is 1. The van der Waals surface area contributed by atoms with Crippen LogP contribution in [0.5, 0.6) is 5.75 Å². The third-order valence-electron chi connectivity index (χ3n) is 4.39. The molecule has 0 atom stereocenters. The highest BCUT2D eigenvalue weighted by Crippen LogP contribution is 2.30. The summed E-state index contributed by atoms with van der Waals surface area (Å²) < 4.78 is 6.96. The zero-order valence-electron chi connectivity index (χ0n) is 13.6. The molecule has 4 heterocycles. The Morgan fingerprint density at radius 1 is 1.36 bits per heavy atom. The zero-order chi connectivity index (χ0) is 17.4. The molecule has 0 bridgehead atoms. The van der Waals surface area contributed by atoms with E-state index in [0.29, 0.717) is 31.7 Å². The predicted octanol–water partition coefficient (Wildman–Crippen LogP) is 2.16. The minimum Gasteiger partial charge on any atom is -0.495 e. The number of carbonyl (C=O) groups is 1. The lowest BCUT2D eigenvalue weighted by atomic mass is 9.98. The van der Waals surface area contributed by atoms with Gasteiger partial charge in [0.25, 0.3) is 0 Å². The number of imidazole rings is 1. The van der Waals surface area contributed by atoms with Crippen LogP contribution in [-0.2, 0) is 4.79 Å². The largest absolute Gasteiger partial charge is 0.495 e. The normalized spacial score (nSPS) is 15.6. The van der Waals surface area contributed by atoms with Crippen LogP contribution in [0.1, 0.15) is 12.8 Å². The molecule has 0 aliphatic carbocycles. The van der Waals surface area contributed by atoms with Gasteiger partial charge in [0.2, 0.25) is 10.1 Å². The van der Waals surface area contributed by atoms with Crippen LogP contribution in [0.2, 0.25) is 0 Å². The molecule has 0 amide bonds. The molecule has 0 aromatic carbocycles. The number of nitrogens with zero attached hydrogens (tertiary/aromatic N) is 5. The van der Waals surface area contributed by atoms with Crippen LogP contribution < -0.4 is 9.64 Å². The summed E-state index contributed by atoms with van der Waals surface area (Å²) in [5, 5.41) is 14.6. The number of hydrogen-bond donors (Lipinski definition) is 1. The second-order valence-electron chi connectivity index (χ2n) is 5.95. The highest BCUT2D eigenvalue weighted by molar-refractivity contribution is 7.20. The monoisotopic (exact) mass is 359 g/mol. The average molecular weight is 359 g/mol. The maximum atomic E-state index is 11.1. The van der Waals surface area contributed by atoms with E-state index in [0.717, 1.165) is 21.3 Å². The second-order valence-corrected chi connectivity index (χ2v) is 6.89. The molecule has 1 saturated heterocycles. The molecule has 3 aromatic rings. The molecule has 130 valence electrons. The molecule has 1 aliphatic heterocycles. The summed E-state index contributed by atoms with van der Waals surface area (Å²) in [6.45, 7) is 1.42. The van der Waals surface area contributed by atoms with Crippen molar-refractivity contribution in [3.63, 3.8) is 0 Å². The average Bonchev–Trinajstić information content (AvgIpc) is 3.21. The van der Waals surface area contributed by atoms with Gasteiger partial charge in [0, 0.05) is 24.8 Å². The summed E-state index contributed by atoms with van der Waals surface area (Å²) in [5.41, 5.74) is 1.67. The van der Waals surface area contributed by atoms with E-state index in [1.807, 2.05) is 12.3 Å². The van der Waals surface area contributed by atoms with E-state index >= 15 is 0 Å². The Hall–Kier alpha value is -2.68. The van der Waals surface area contributed by atoms with Gasteiger partial charge in [-0.2, -0.15) is 0 Å². The van der Waals surface area contributed by atoms with E-state index in [9.17, 15) is 4.79 Å². The van der Waals surface area contributed by atoms with Gasteiger partial charge >= 0.3 is 5.97 Å². The van der Waals surface area contributed by atoms with Crippen LogP contribution in [0.4, 0.5) is 5.13 Å². The molecule has 1 N–H and O–H groups in total. The van der Waals surface area contributed by atoms with E-state index in [4.69, 9.17) is 9.84 Å². The van der Waals surface area contributed by atoms with E-state index < -0.39 is 5.97 Å². The van der Waals surface area contributed by atoms with Crippen LogP contribution in [-0.4, -0.2) is 50.9 Å². The number of aliphatic carboxylic acids is 1. The summed E-state index contributed by atoms with van der Waals surface area (Å²) in [6.07, 6.45) is 6.57. The van der Waals surface area contributed by atoms with Crippen molar-refractivity contribution >= 4 is 27.4 Å². The van der Waals surface area contributed by atoms with Crippen LogP contribution in [0.15, 0.2) is 24.7 Å². The molecular weight excluding hydrogens is 342 g/mol. The van der Waals surface area contributed by atoms with Gasteiger partial charge in [-0.1, -0.05) is 11.3 Å². The minimum absolute atomic E-state index is 0.243. The van der Waals surface area contributed by atoms with Crippen molar-refractivity contribution in [2.75, 3.05) is 25.1 Å². The Morgan fingerprint density at radius 3 is 2.84 bits per heavy atom. The fourth-order valence-electron chi connectivity index (χ4n) is 2.94. The van der Waals surface area contributed by atoms with Gasteiger partial charge in [-0.15, -0.1) is 5.10 Å². The first-order chi connectivity index (χ1) is 12.1. The van der Waals surface area contributed by atoms with Crippen LogP contribution in [0.3, 0.4) is 0 Å². The highest BCUT2D eigenvalue weighted by atomic mass is 32.1. The first-order valence-corrected chi connectivity index (χ1v) is 8.79. The molecule has 0 radical (unpaired) electrons. The van der Waals surface area contributed by atoms with E-state index in [-0.39, 0.29) is 5.92 Å². The van der Waals surface area contributed by atoms with Crippen LogP contribution in [0, 0.1) is 5.92 Å². The molecule has 1 aliphatic rings. The maximum Gasteiger partial charge on any atom is 0.306 e. The molecule has 1 fully saturated rings. The molecule has 0 spiro atoms. The maximum absolute atomic E-state index is 11.1. The molecule has 0 unspecified atom stereocenters. The lowest BCUT2D eigenvalue weighted by Crippen LogP contribution is -2.36. The summed E-state index contributed by atoms with van der Waals surface area (Å²) in [7, 11) is 1.61. The molecule has 25 heavy (non-hydrogen) atoms. The number of methoxy groups -OCH3 is 1. The molecule has 4 rings (SSSR count). The molecule has 0 saturated carbocycles. The van der Waals surface area contributed by atoms with Crippen LogP contribution in [0.25, 0.3) is 16.2 Å². The van der Waals surface area contributed by atoms with Crippen molar-refractivity contribution in [2.45, 2.75) is 12.8 Å². The standard InChI is InChI=1S/C16H17N5O3S/c1-24-12-6-11(7-17-8-12)13-9-21-15(18-13)25-16(19-21)20-4-2-10(3-5-20)14(22)23/h6-10H,2-5H2,1H3,(H,22,23). The number of carboxylic acids is 1. The van der Waals surface area contributed by atoms with E-state index in [2.05, 4.69) is 20.0 Å². The number of pyridine rings is 1. The Bertz CT molecular complexity index is 882. The number of carboxylic acid groups (broad SMARTS) is 1. The zero-order valence-corrected chi connectivity index (χ0v) is 14.4. The Kier molecular flexibility index (Phi) is 4.00. The number of rotatable bonds is 4. The van der Waals surface area contributed by atoms with Crippen molar-refractivity contribution in [1.29, 1.82) is 0 Å². The SMILES string of the molecule is COc1cncc(-c2cn3nc(N4CCC(C(=O)O)CC4)sc3n2)c1. The fraction of sp³-hybridized carbons (Fsp3) is 0.375. The minimum atomic E-state index is -0.704. The number of hydrogen-bond acceptors (Lipinski definition) is 7. The predicted molar refractivity (Wildman–Crippen MR) is 93.2 cm³/mol. The Labute approximate surface area is 147 Å². The van der Waals surface area contributed by atoms with Gasteiger partial charge in [0.15, 0.2) is 0 Å². The molecule has 9 heteroatoms. The second kappa shape index (κ2) is 6.32. The summed E-state index contributed by atoms with van der Waals surface area (Å²) in [4.78, 5) is 22.8. The summed E-state index contributed by atoms with van der Waals surface area (Å²) in [5.74, 6) is -0.263. The topological polar surface area (TPSA) is 92.9 Å². The smallest absolute Gasteiger partial charge is 0.306 e.